The minimum atomic E-state index is 0.105. The van der Waals surface area contributed by atoms with E-state index in [2.05, 4.69) is 51.9 Å². The average Bonchev–Trinajstić information content (AvgIpc) is 3.18. The number of aromatic nitrogens is 2. The lowest BCUT2D eigenvalue weighted by Gasteiger charge is -2.35. The van der Waals surface area contributed by atoms with E-state index in [-0.39, 0.29) is 5.91 Å². The van der Waals surface area contributed by atoms with Gasteiger partial charge in [0.25, 0.3) is 5.91 Å². The Morgan fingerprint density at radius 3 is 2.13 bits per heavy atom. The number of hydrogen-bond acceptors (Lipinski definition) is 3. The van der Waals surface area contributed by atoms with Gasteiger partial charge in [0, 0.05) is 31.7 Å². The Balaban J connectivity index is 1.39. The van der Waals surface area contributed by atoms with Crippen LogP contribution in [-0.4, -0.2) is 46.5 Å². The summed E-state index contributed by atoms with van der Waals surface area (Å²) in [7, 11) is 0. The lowest BCUT2D eigenvalue weighted by atomic mass is 10.2. The van der Waals surface area contributed by atoms with Crippen molar-refractivity contribution in [1.82, 2.24) is 14.5 Å². The van der Waals surface area contributed by atoms with Crippen LogP contribution in [0.3, 0.4) is 0 Å². The molecule has 1 aliphatic rings. The lowest BCUT2D eigenvalue weighted by Crippen LogP contribution is -2.49. The molecule has 0 unspecified atom stereocenters. The van der Waals surface area contributed by atoms with E-state index in [0.717, 1.165) is 42.2 Å². The Morgan fingerprint density at radius 1 is 0.767 bits per heavy atom. The number of para-hydroxylation sites is 2. The molecule has 0 bridgehead atoms. The number of carbonyl (C=O) groups excluding carboxylic acids is 1. The van der Waals surface area contributed by atoms with Crippen LogP contribution < -0.4 is 4.90 Å². The van der Waals surface area contributed by atoms with Crippen molar-refractivity contribution in [2.45, 2.75) is 6.54 Å². The van der Waals surface area contributed by atoms with Crippen LogP contribution >= 0.6 is 0 Å². The maximum atomic E-state index is 12.8. The summed E-state index contributed by atoms with van der Waals surface area (Å²) in [6.45, 7) is 3.72. The number of benzene rings is 3. The zero-order valence-electron chi connectivity index (χ0n) is 16.8. The summed E-state index contributed by atoms with van der Waals surface area (Å²) in [5.74, 6) is 1.08. The van der Waals surface area contributed by atoms with Crippen molar-refractivity contribution >= 4 is 22.9 Å². The van der Waals surface area contributed by atoms with E-state index in [1.165, 1.54) is 5.56 Å². The molecule has 5 heteroatoms. The molecule has 0 saturated carbocycles. The average molecular weight is 396 g/mol. The Morgan fingerprint density at radius 2 is 1.40 bits per heavy atom. The molecule has 1 aliphatic heterocycles. The number of imidazole rings is 1. The summed E-state index contributed by atoms with van der Waals surface area (Å²) in [5, 5.41) is 0. The number of rotatable bonds is 4. The third-order valence-corrected chi connectivity index (χ3v) is 5.69. The summed E-state index contributed by atoms with van der Waals surface area (Å²) in [5.41, 5.74) is 4.15. The second kappa shape index (κ2) is 8.03. The van der Waals surface area contributed by atoms with Crippen LogP contribution in [0, 0.1) is 0 Å². The van der Waals surface area contributed by atoms with Gasteiger partial charge >= 0.3 is 0 Å². The molecule has 5 rings (SSSR count). The number of carbonyl (C=O) groups is 1. The molecule has 4 aromatic rings. The largest absolute Gasteiger partial charge is 0.339 e. The summed E-state index contributed by atoms with van der Waals surface area (Å²) in [6.07, 6.45) is 0. The molecule has 2 heterocycles. The standard InChI is InChI=1S/C25H24N4O/c30-24(21-11-5-2-6-12-21)27-15-17-28(18-16-27)25-26-22-13-7-8-14-23(22)29(25)19-20-9-3-1-4-10-20/h1-14H,15-19H2. The van der Waals surface area contributed by atoms with E-state index in [1.807, 2.05) is 47.4 Å². The number of hydrogen-bond donors (Lipinski definition) is 0. The van der Waals surface area contributed by atoms with Gasteiger partial charge in [-0.3, -0.25) is 4.79 Å². The Bertz CT molecular complexity index is 1150. The lowest BCUT2D eigenvalue weighted by molar-refractivity contribution is 0.0746. The van der Waals surface area contributed by atoms with Crippen molar-refractivity contribution < 1.29 is 4.79 Å². The fourth-order valence-electron chi connectivity index (χ4n) is 4.10. The second-order valence-electron chi connectivity index (χ2n) is 7.62. The predicted molar refractivity (Wildman–Crippen MR) is 120 cm³/mol. The van der Waals surface area contributed by atoms with E-state index in [9.17, 15) is 4.79 Å². The fourth-order valence-corrected chi connectivity index (χ4v) is 4.10. The SMILES string of the molecule is O=C(c1ccccc1)N1CCN(c2nc3ccccc3n2Cc2ccccc2)CC1. The van der Waals surface area contributed by atoms with Crippen LogP contribution in [0.5, 0.6) is 0 Å². The van der Waals surface area contributed by atoms with Gasteiger partial charge in [0.1, 0.15) is 0 Å². The highest BCUT2D eigenvalue weighted by Crippen LogP contribution is 2.25. The fraction of sp³-hybridized carbons (Fsp3) is 0.200. The topological polar surface area (TPSA) is 41.4 Å². The normalized spacial score (nSPS) is 14.3. The molecule has 30 heavy (non-hydrogen) atoms. The van der Waals surface area contributed by atoms with Crippen molar-refractivity contribution in [1.29, 1.82) is 0 Å². The number of fused-ring (bicyclic) bond motifs is 1. The summed E-state index contributed by atoms with van der Waals surface area (Å²) < 4.78 is 2.29. The minimum absolute atomic E-state index is 0.105. The van der Waals surface area contributed by atoms with Crippen molar-refractivity contribution in [3.8, 4) is 0 Å². The van der Waals surface area contributed by atoms with Gasteiger partial charge in [-0.1, -0.05) is 60.7 Å². The van der Waals surface area contributed by atoms with Gasteiger partial charge in [0.05, 0.1) is 17.6 Å². The maximum absolute atomic E-state index is 12.8. The quantitative estimate of drug-likeness (QED) is 0.523. The molecule has 0 atom stereocenters. The van der Waals surface area contributed by atoms with Crippen molar-refractivity contribution in [2.24, 2.45) is 0 Å². The van der Waals surface area contributed by atoms with Crippen molar-refractivity contribution in [3.05, 3.63) is 96.1 Å². The van der Waals surface area contributed by atoms with Crippen LogP contribution in [-0.2, 0) is 6.54 Å². The number of nitrogens with zero attached hydrogens (tertiary/aromatic N) is 4. The highest BCUT2D eigenvalue weighted by molar-refractivity contribution is 5.94. The summed E-state index contributed by atoms with van der Waals surface area (Å²) in [6, 6.07) is 28.3. The van der Waals surface area contributed by atoms with Gasteiger partial charge in [-0.15, -0.1) is 0 Å². The molecule has 0 radical (unpaired) electrons. The van der Waals surface area contributed by atoms with E-state index in [1.54, 1.807) is 0 Å². The first-order valence-corrected chi connectivity index (χ1v) is 10.4. The first kappa shape index (κ1) is 18.4. The van der Waals surface area contributed by atoms with Gasteiger partial charge in [-0.25, -0.2) is 4.98 Å². The Kier molecular flexibility index (Phi) is 4.93. The summed E-state index contributed by atoms with van der Waals surface area (Å²) in [4.78, 5) is 22.0. The van der Waals surface area contributed by atoms with E-state index in [4.69, 9.17) is 4.98 Å². The zero-order valence-corrected chi connectivity index (χ0v) is 16.8. The maximum Gasteiger partial charge on any atom is 0.253 e. The summed E-state index contributed by atoms with van der Waals surface area (Å²) >= 11 is 0. The van der Waals surface area contributed by atoms with Crippen LogP contribution in [0.1, 0.15) is 15.9 Å². The molecule has 1 amide bonds. The molecular weight excluding hydrogens is 372 g/mol. The van der Waals surface area contributed by atoms with Gasteiger partial charge in [-0.2, -0.15) is 0 Å². The van der Waals surface area contributed by atoms with Crippen LogP contribution in [0.4, 0.5) is 5.95 Å². The third kappa shape index (κ3) is 3.54. The van der Waals surface area contributed by atoms with E-state index < -0.39 is 0 Å². The molecule has 5 nitrogen and oxygen atoms in total. The monoisotopic (exact) mass is 396 g/mol. The molecule has 1 aromatic heterocycles. The van der Waals surface area contributed by atoms with Gasteiger partial charge in [-0.05, 0) is 29.8 Å². The first-order valence-electron chi connectivity index (χ1n) is 10.4. The zero-order chi connectivity index (χ0) is 20.3. The van der Waals surface area contributed by atoms with Gasteiger partial charge < -0.3 is 14.4 Å². The minimum Gasteiger partial charge on any atom is -0.339 e. The van der Waals surface area contributed by atoms with Crippen LogP contribution in [0.15, 0.2) is 84.9 Å². The predicted octanol–water partition coefficient (Wildman–Crippen LogP) is 4.05. The molecular formula is C25H24N4O. The van der Waals surface area contributed by atoms with Crippen molar-refractivity contribution in [2.75, 3.05) is 31.1 Å². The molecule has 1 fully saturated rings. The van der Waals surface area contributed by atoms with Gasteiger partial charge in [0.15, 0.2) is 0 Å². The van der Waals surface area contributed by atoms with Crippen LogP contribution in [0.25, 0.3) is 11.0 Å². The highest BCUT2D eigenvalue weighted by atomic mass is 16.2. The molecule has 1 saturated heterocycles. The van der Waals surface area contributed by atoms with E-state index in [0.29, 0.717) is 13.1 Å². The Hall–Kier alpha value is -3.60. The van der Waals surface area contributed by atoms with Crippen LogP contribution in [0.2, 0.25) is 0 Å². The van der Waals surface area contributed by atoms with Crippen molar-refractivity contribution in [3.63, 3.8) is 0 Å². The highest BCUT2D eigenvalue weighted by Gasteiger charge is 2.25. The molecule has 3 aromatic carbocycles. The third-order valence-electron chi connectivity index (χ3n) is 5.69. The number of anilines is 1. The number of amides is 1. The number of piperazine rings is 1. The smallest absolute Gasteiger partial charge is 0.253 e. The Labute approximate surface area is 176 Å². The molecule has 0 aliphatic carbocycles. The van der Waals surface area contributed by atoms with Gasteiger partial charge in [0.2, 0.25) is 5.95 Å². The molecule has 0 spiro atoms. The second-order valence-corrected chi connectivity index (χ2v) is 7.62. The first-order chi connectivity index (χ1) is 14.8. The molecule has 150 valence electrons. The molecule has 0 N–H and O–H groups in total. The van der Waals surface area contributed by atoms with E-state index >= 15 is 0 Å².